The summed E-state index contributed by atoms with van der Waals surface area (Å²) in [5.74, 6) is 9.76. The Morgan fingerprint density at radius 1 is 0.864 bits per heavy atom. The summed E-state index contributed by atoms with van der Waals surface area (Å²) in [5.41, 5.74) is 0. The van der Waals surface area contributed by atoms with E-state index in [9.17, 15) is 0 Å². The third kappa shape index (κ3) is 5.91. The maximum absolute atomic E-state index is 2.63. The van der Waals surface area contributed by atoms with Gasteiger partial charge in [-0.1, -0.05) is 0 Å². The standard InChI is InChI=1S/C15H30GePSi2.C2H6Ge/c1-16(2)15(18(3,4)5,19(6,7)8)17-14-12-10-9-11-13-14;1-3-2/h9-13,17H,1-8H3;1-2H3. The first kappa shape index (κ1) is 23.2. The third-order valence-corrected chi connectivity index (χ3v) is 40.5. The van der Waals surface area contributed by atoms with E-state index in [0.717, 1.165) is 11.8 Å². The van der Waals surface area contributed by atoms with Crippen LogP contribution in [0.3, 0.4) is 0 Å². The zero-order valence-corrected chi connectivity index (χ0v) is 23.6. The second kappa shape index (κ2) is 9.60. The fourth-order valence-corrected chi connectivity index (χ4v) is 42.1. The third-order valence-electron chi connectivity index (χ3n) is 4.11. The molecule has 1 unspecified atom stereocenters. The summed E-state index contributed by atoms with van der Waals surface area (Å²) < 4.78 is 0.751. The van der Waals surface area contributed by atoms with E-state index < -0.39 is 30.5 Å². The average Bonchev–Trinajstić information content (AvgIpc) is 2.34. The van der Waals surface area contributed by atoms with Crippen LogP contribution in [0.5, 0.6) is 0 Å². The first-order valence-electron chi connectivity index (χ1n) is 8.16. The van der Waals surface area contributed by atoms with Crippen LogP contribution in [0.25, 0.3) is 0 Å². The summed E-state index contributed by atoms with van der Waals surface area (Å²) in [6.45, 7) is 15.8. The van der Waals surface area contributed by atoms with Crippen molar-refractivity contribution in [2.45, 2.75) is 65.5 Å². The second-order valence-corrected chi connectivity index (χ2v) is 32.8. The number of rotatable bonds is 5. The van der Waals surface area contributed by atoms with Gasteiger partial charge in [-0.05, 0) is 0 Å². The molecule has 1 rings (SSSR count). The van der Waals surface area contributed by atoms with Crippen molar-refractivity contribution in [3.8, 4) is 0 Å². The van der Waals surface area contributed by atoms with E-state index in [4.69, 9.17) is 0 Å². The summed E-state index contributed by atoms with van der Waals surface area (Å²) in [4.78, 5) is 0. The van der Waals surface area contributed by atoms with Crippen LogP contribution in [0.15, 0.2) is 30.3 Å². The van der Waals surface area contributed by atoms with Crippen LogP contribution in [0.4, 0.5) is 0 Å². The van der Waals surface area contributed by atoms with Crippen molar-refractivity contribution in [1.29, 1.82) is 0 Å². The molecule has 1 atom stereocenters. The van der Waals surface area contributed by atoms with Crippen LogP contribution in [-0.4, -0.2) is 49.2 Å². The van der Waals surface area contributed by atoms with Gasteiger partial charge in [0, 0.05) is 0 Å². The zero-order valence-electron chi connectivity index (χ0n) is 16.4. The van der Waals surface area contributed by atoms with Gasteiger partial charge in [-0.25, -0.2) is 0 Å². The second-order valence-electron chi connectivity index (χ2n) is 8.24. The molecule has 0 aliphatic heterocycles. The van der Waals surface area contributed by atoms with Crippen molar-refractivity contribution in [3.63, 3.8) is 0 Å². The van der Waals surface area contributed by atoms with Gasteiger partial charge in [0.2, 0.25) is 0 Å². The minimum absolute atomic E-state index is 0.500. The first-order chi connectivity index (χ1) is 9.94. The van der Waals surface area contributed by atoms with Gasteiger partial charge >= 0.3 is 156 Å². The minimum atomic E-state index is -1.17. The first-order valence-corrected chi connectivity index (χ1v) is 25.6. The van der Waals surface area contributed by atoms with Crippen LogP contribution in [0.2, 0.25) is 62.3 Å². The summed E-state index contributed by atoms with van der Waals surface area (Å²) in [6.07, 6.45) is 0. The van der Waals surface area contributed by atoms with Crippen molar-refractivity contribution >= 4 is 59.8 Å². The monoisotopic (exact) mass is 475 g/mol. The van der Waals surface area contributed by atoms with Gasteiger partial charge in [0.15, 0.2) is 0 Å². The van der Waals surface area contributed by atoms with Gasteiger partial charge in [-0.3, -0.25) is 0 Å². The molecule has 1 aromatic carbocycles. The quantitative estimate of drug-likeness (QED) is 0.388. The van der Waals surface area contributed by atoms with E-state index in [1.807, 2.05) is 0 Å². The normalized spacial score (nSPS) is 13.4. The Kier molecular flexibility index (Phi) is 10.1. The molecule has 0 spiro atoms. The molecule has 1 aromatic rings. The fourth-order valence-electron chi connectivity index (χ4n) is 3.86. The molecular formula is C17H36Ge2PSi2. The van der Waals surface area contributed by atoms with Gasteiger partial charge in [0.05, 0.1) is 0 Å². The molecule has 0 aromatic heterocycles. The topological polar surface area (TPSA) is 0 Å². The molecule has 0 aliphatic rings. The Labute approximate surface area is 155 Å². The summed E-state index contributed by atoms with van der Waals surface area (Å²) in [7, 11) is -1.29. The van der Waals surface area contributed by atoms with Gasteiger partial charge in [-0.15, -0.1) is 0 Å². The van der Waals surface area contributed by atoms with Crippen molar-refractivity contribution in [2.75, 3.05) is 0 Å². The molecular weight excluding hydrogens is 437 g/mol. The molecule has 0 saturated carbocycles. The molecule has 0 bridgehead atoms. The van der Waals surface area contributed by atoms with Crippen LogP contribution in [0.1, 0.15) is 0 Å². The predicted molar refractivity (Wildman–Crippen MR) is 119 cm³/mol. The Morgan fingerprint density at radius 2 is 1.23 bits per heavy atom. The Morgan fingerprint density at radius 3 is 1.50 bits per heavy atom. The van der Waals surface area contributed by atoms with Gasteiger partial charge in [0.1, 0.15) is 0 Å². The molecule has 3 radical (unpaired) electrons. The van der Waals surface area contributed by atoms with E-state index in [0.29, 0.717) is 15.4 Å². The van der Waals surface area contributed by atoms with Crippen molar-refractivity contribution in [1.82, 2.24) is 0 Å². The maximum atomic E-state index is 2.63. The molecule has 0 fully saturated rings. The number of benzene rings is 1. The summed E-state index contributed by atoms with van der Waals surface area (Å²) in [5, 5.41) is 1.60. The van der Waals surface area contributed by atoms with E-state index in [-0.39, 0.29) is 0 Å². The molecule has 22 heavy (non-hydrogen) atoms. The van der Waals surface area contributed by atoms with Crippen LogP contribution in [0, 0.1) is 0 Å². The summed E-state index contributed by atoms with van der Waals surface area (Å²) in [6, 6.07) is 11.3. The van der Waals surface area contributed by atoms with Crippen LogP contribution in [-0.2, 0) is 0 Å². The number of hydrogen-bond donors (Lipinski definition) is 0. The van der Waals surface area contributed by atoms with E-state index in [2.05, 4.69) is 92.6 Å². The van der Waals surface area contributed by atoms with E-state index in [1.54, 1.807) is 5.30 Å². The van der Waals surface area contributed by atoms with Crippen molar-refractivity contribution in [3.05, 3.63) is 30.3 Å². The van der Waals surface area contributed by atoms with Gasteiger partial charge in [0.25, 0.3) is 0 Å². The predicted octanol–water partition coefficient (Wildman–Crippen LogP) is 5.56. The molecule has 0 heterocycles. The molecule has 0 saturated heterocycles. The Bertz CT molecular complexity index is 409. The fraction of sp³-hybridized carbons (Fsp3) is 0.647. The molecule has 0 aliphatic carbocycles. The van der Waals surface area contributed by atoms with Crippen molar-refractivity contribution in [2.24, 2.45) is 0 Å². The van der Waals surface area contributed by atoms with E-state index in [1.165, 1.54) is 0 Å². The van der Waals surface area contributed by atoms with Gasteiger partial charge in [-0.2, -0.15) is 0 Å². The SMILES string of the molecule is [CH3][Ge]([CH3])[C](Pc1ccccc1)([Si](C)(C)C)[Si](C)(C)C.[CH3][Ge][CH3]. The summed E-state index contributed by atoms with van der Waals surface area (Å²) >= 11 is -0.503. The zero-order chi connectivity index (χ0) is 17.6. The van der Waals surface area contributed by atoms with Gasteiger partial charge < -0.3 is 0 Å². The van der Waals surface area contributed by atoms with Crippen LogP contribution < -0.4 is 5.30 Å². The Balaban J connectivity index is 0.00000135. The number of hydrogen-bond acceptors (Lipinski definition) is 0. The molecule has 5 heteroatoms. The van der Waals surface area contributed by atoms with E-state index >= 15 is 0 Å². The molecule has 0 N–H and O–H groups in total. The molecule has 0 nitrogen and oxygen atoms in total. The van der Waals surface area contributed by atoms with Crippen molar-refractivity contribution < 1.29 is 0 Å². The average molecular weight is 473 g/mol. The molecule has 125 valence electrons. The molecule has 0 amide bonds. The van der Waals surface area contributed by atoms with Crippen LogP contribution >= 0.6 is 8.58 Å². The Hall–Kier alpha value is 1.17.